The molecule has 0 saturated carbocycles. The van der Waals surface area contributed by atoms with Gasteiger partial charge >= 0.3 is 0 Å². The first kappa shape index (κ1) is 11.9. The van der Waals surface area contributed by atoms with Gasteiger partial charge in [0.1, 0.15) is 5.75 Å². The van der Waals surface area contributed by atoms with Gasteiger partial charge in [0.15, 0.2) is 0 Å². The van der Waals surface area contributed by atoms with Gasteiger partial charge < -0.3 is 15.0 Å². The molecule has 0 radical (unpaired) electrons. The van der Waals surface area contributed by atoms with Gasteiger partial charge in [0, 0.05) is 20.6 Å². The summed E-state index contributed by atoms with van der Waals surface area (Å²) in [7, 11) is 5.99. The van der Waals surface area contributed by atoms with Crippen LogP contribution in [0.3, 0.4) is 0 Å². The summed E-state index contributed by atoms with van der Waals surface area (Å²) in [5.74, 6) is 0.954. The number of benzene rings is 1. The number of hydrogen-bond donors (Lipinski definition) is 1. The van der Waals surface area contributed by atoms with E-state index in [4.69, 9.17) is 4.74 Å². The zero-order chi connectivity index (χ0) is 11.3. The number of rotatable bonds is 5. The van der Waals surface area contributed by atoms with E-state index in [1.54, 1.807) is 0 Å². The van der Waals surface area contributed by atoms with E-state index in [1.165, 1.54) is 5.56 Å². The second kappa shape index (κ2) is 5.61. The zero-order valence-electron chi connectivity index (χ0n) is 10.0. The molecule has 15 heavy (non-hydrogen) atoms. The Balaban J connectivity index is 2.97. The molecule has 1 N–H and O–H groups in total. The Morgan fingerprint density at radius 2 is 2.07 bits per heavy atom. The van der Waals surface area contributed by atoms with Crippen LogP contribution in [0.25, 0.3) is 0 Å². The van der Waals surface area contributed by atoms with Gasteiger partial charge in [-0.25, -0.2) is 0 Å². The van der Waals surface area contributed by atoms with Gasteiger partial charge in [-0.05, 0) is 31.7 Å². The molecule has 84 valence electrons. The maximum atomic E-state index is 5.62. The van der Waals surface area contributed by atoms with E-state index in [0.29, 0.717) is 6.61 Å². The smallest absolute Gasteiger partial charge is 0.142 e. The molecule has 0 unspecified atom stereocenters. The Morgan fingerprint density at radius 1 is 1.33 bits per heavy atom. The first-order valence-electron chi connectivity index (χ1n) is 5.26. The topological polar surface area (TPSA) is 24.5 Å². The molecule has 0 spiro atoms. The predicted octanol–water partition coefficient (Wildman–Crippen LogP) is 1.87. The molecule has 1 aromatic rings. The van der Waals surface area contributed by atoms with Crippen molar-refractivity contribution in [2.24, 2.45) is 0 Å². The average molecular weight is 208 g/mol. The van der Waals surface area contributed by atoms with E-state index in [0.717, 1.165) is 18.0 Å². The van der Waals surface area contributed by atoms with Gasteiger partial charge in [0.25, 0.3) is 0 Å². The SMILES string of the molecule is CCOc1cc(CNC)ccc1N(C)C. The van der Waals surface area contributed by atoms with Crippen molar-refractivity contribution in [2.45, 2.75) is 13.5 Å². The lowest BCUT2D eigenvalue weighted by atomic mass is 10.2. The lowest BCUT2D eigenvalue weighted by Gasteiger charge is -2.18. The van der Waals surface area contributed by atoms with Crippen molar-refractivity contribution in [3.8, 4) is 5.75 Å². The van der Waals surface area contributed by atoms with Crippen molar-refractivity contribution in [3.63, 3.8) is 0 Å². The molecule has 1 rings (SSSR count). The molecular weight excluding hydrogens is 188 g/mol. The minimum Gasteiger partial charge on any atom is -0.492 e. The summed E-state index contributed by atoms with van der Waals surface area (Å²) in [4.78, 5) is 2.06. The molecule has 0 bridgehead atoms. The van der Waals surface area contributed by atoms with Gasteiger partial charge in [0.2, 0.25) is 0 Å². The van der Waals surface area contributed by atoms with Crippen LogP contribution in [0.5, 0.6) is 5.75 Å². The van der Waals surface area contributed by atoms with Gasteiger partial charge in [-0.3, -0.25) is 0 Å². The molecule has 0 amide bonds. The van der Waals surface area contributed by atoms with Crippen molar-refractivity contribution >= 4 is 5.69 Å². The molecule has 1 aromatic carbocycles. The van der Waals surface area contributed by atoms with E-state index in [9.17, 15) is 0 Å². The van der Waals surface area contributed by atoms with E-state index < -0.39 is 0 Å². The molecule has 0 saturated heterocycles. The monoisotopic (exact) mass is 208 g/mol. The fourth-order valence-electron chi connectivity index (χ4n) is 1.51. The molecule has 0 aliphatic carbocycles. The van der Waals surface area contributed by atoms with E-state index in [2.05, 4.69) is 28.4 Å². The third-order valence-corrected chi connectivity index (χ3v) is 2.19. The van der Waals surface area contributed by atoms with Crippen LogP contribution in [0, 0.1) is 0 Å². The number of nitrogens with zero attached hydrogens (tertiary/aromatic N) is 1. The highest BCUT2D eigenvalue weighted by Gasteiger charge is 2.06. The number of anilines is 1. The molecule has 0 heterocycles. The maximum Gasteiger partial charge on any atom is 0.142 e. The first-order chi connectivity index (χ1) is 7.19. The lowest BCUT2D eigenvalue weighted by molar-refractivity contribution is 0.340. The van der Waals surface area contributed by atoms with Crippen molar-refractivity contribution in [3.05, 3.63) is 23.8 Å². The van der Waals surface area contributed by atoms with Gasteiger partial charge in [-0.15, -0.1) is 0 Å². The Morgan fingerprint density at radius 3 is 2.60 bits per heavy atom. The summed E-state index contributed by atoms with van der Waals surface area (Å²) in [5.41, 5.74) is 2.36. The third-order valence-electron chi connectivity index (χ3n) is 2.19. The summed E-state index contributed by atoms with van der Waals surface area (Å²) in [6, 6.07) is 6.31. The van der Waals surface area contributed by atoms with Crippen LogP contribution in [0.15, 0.2) is 18.2 Å². The van der Waals surface area contributed by atoms with Crippen LogP contribution in [0.4, 0.5) is 5.69 Å². The van der Waals surface area contributed by atoms with Crippen LogP contribution in [-0.2, 0) is 6.54 Å². The van der Waals surface area contributed by atoms with Crippen LogP contribution >= 0.6 is 0 Å². The molecule has 0 aromatic heterocycles. The standard InChI is InChI=1S/C12H20N2O/c1-5-15-12-8-10(9-13-2)6-7-11(12)14(3)4/h6-8,13H,5,9H2,1-4H3. The Kier molecular flexibility index (Phi) is 4.43. The van der Waals surface area contributed by atoms with Crippen LogP contribution in [0.2, 0.25) is 0 Å². The molecule has 3 heteroatoms. The molecule has 3 nitrogen and oxygen atoms in total. The lowest BCUT2D eigenvalue weighted by Crippen LogP contribution is -2.12. The fourth-order valence-corrected chi connectivity index (χ4v) is 1.51. The van der Waals surface area contributed by atoms with Crippen molar-refractivity contribution in [2.75, 3.05) is 32.6 Å². The highest BCUT2D eigenvalue weighted by molar-refractivity contribution is 5.58. The molecule has 0 atom stereocenters. The van der Waals surface area contributed by atoms with Crippen molar-refractivity contribution in [1.29, 1.82) is 0 Å². The summed E-state index contributed by atoms with van der Waals surface area (Å²) in [5, 5.41) is 3.13. The predicted molar refractivity (Wildman–Crippen MR) is 64.7 cm³/mol. The molecular formula is C12H20N2O. The quantitative estimate of drug-likeness (QED) is 0.799. The summed E-state index contributed by atoms with van der Waals surface area (Å²) >= 11 is 0. The Labute approximate surface area is 92.0 Å². The van der Waals surface area contributed by atoms with Crippen molar-refractivity contribution in [1.82, 2.24) is 5.32 Å². The minimum atomic E-state index is 0.698. The van der Waals surface area contributed by atoms with Crippen LogP contribution in [-0.4, -0.2) is 27.7 Å². The fraction of sp³-hybridized carbons (Fsp3) is 0.500. The van der Waals surface area contributed by atoms with Crippen LogP contribution < -0.4 is 15.0 Å². The van der Waals surface area contributed by atoms with E-state index >= 15 is 0 Å². The molecule has 0 aliphatic rings. The highest BCUT2D eigenvalue weighted by Crippen LogP contribution is 2.28. The zero-order valence-corrected chi connectivity index (χ0v) is 10.0. The first-order valence-corrected chi connectivity index (χ1v) is 5.26. The van der Waals surface area contributed by atoms with E-state index in [-0.39, 0.29) is 0 Å². The second-order valence-electron chi connectivity index (χ2n) is 3.66. The van der Waals surface area contributed by atoms with E-state index in [1.807, 2.05) is 28.1 Å². The maximum absolute atomic E-state index is 5.62. The van der Waals surface area contributed by atoms with Crippen LogP contribution in [0.1, 0.15) is 12.5 Å². The minimum absolute atomic E-state index is 0.698. The Bertz CT molecular complexity index is 310. The summed E-state index contributed by atoms with van der Waals surface area (Å²) < 4.78 is 5.62. The van der Waals surface area contributed by atoms with Gasteiger partial charge in [0.05, 0.1) is 12.3 Å². The highest BCUT2D eigenvalue weighted by atomic mass is 16.5. The summed E-state index contributed by atoms with van der Waals surface area (Å²) in [6.45, 7) is 3.57. The third kappa shape index (κ3) is 3.13. The number of hydrogen-bond acceptors (Lipinski definition) is 3. The van der Waals surface area contributed by atoms with Gasteiger partial charge in [-0.2, -0.15) is 0 Å². The molecule has 0 fully saturated rings. The normalized spacial score (nSPS) is 10.1. The average Bonchev–Trinajstić information content (AvgIpc) is 2.18. The van der Waals surface area contributed by atoms with Crippen molar-refractivity contribution < 1.29 is 4.74 Å². The Hall–Kier alpha value is -1.22. The number of ether oxygens (including phenoxy) is 1. The summed E-state index contributed by atoms with van der Waals surface area (Å²) in [6.07, 6.45) is 0. The number of nitrogens with one attached hydrogen (secondary N) is 1. The second-order valence-corrected chi connectivity index (χ2v) is 3.66. The van der Waals surface area contributed by atoms with Gasteiger partial charge in [-0.1, -0.05) is 6.07 Å². The largest absolute Gasteiger partial charge is 0.492 e. The molecule has 0 aliphatic heterocycles.